The normalized spacial score (nSPS) is 33.8. The van der Waals surface area contributed by atoms with Crippen LogP contribution in [0.25, 0.3) is 0 Å². The van der Waals surface area contributed by atoms with Gasteiger partial charge in [0.2, 0.25) is 0 Å². The van der Waals surface area contributed by atoms with Crippen molar-refractivity contribution in [3.8, 4) is 0 Å². The minimum absolute atomic E-state index is 0.243. The molecule has 0 aromatic heterocycles. The molecule has 0 aromatic rings. The first kappa shape index (κ1) is 8.52. The molecule has 2 fully saturated rings. The summed E-state index contributed by atoms with van der Waals surface area (Å²) in [6, 6.07) is 0. The summed E-state index contributed by atoms with van der Waals surface area (Å²) >= 11 is 0. The van der Waals surface area contributed by atoms with Crippen molar-refractivity contribution in [3.05, 3.63) is 0 Å². The molecule has 1 spiro atoms. The lowest BCUT2D eigenvalue weighted by Crippen LogP contribution is -2.58. The minimum Gasteiger partial charge on any atom is -0.369 e. The lowest BCUT2D eigenvalue weighted by atomic mass is 9.78. The van der Waals surface area contributed by atoms with Crippen molar-refractivity contribution < 1.29 is 4.74 Å². The molecule has 1 saturated carbocycles. The van der Waals surface area contributed by atoms with Crippen molar-refractivity contribution in [1.29, 1.82) is 0 Å². The SMILES string of the molecule is CC(C)C1CNCC2(CCC2)O1. The summed E-state index contributed by atoms with van der Waals surface area (Å²) in [4.78, 5) is 0. The molecule has 1 heterocycles. The maximum Gasteiger partial charge on any atom is 0.0810 e. The van der Waals surface area contributed by atoms with Crippen molar-refractivity contribution in [3.63, 3.8) is 0 Å². The van der Waals surface area contributed by atoms with Crippen LogP contribution in [0.5, 0.6) is 0 Å². The van der Waals surface area contributed by atoms with E-state index in [4.69, 9.17) is 4.74 Å². The smallest absolute Gasteiger partial charge is 0.0810 e. The summed E-state index contributed by atoms with van der Waals surface area (Å²) in [7, 11) is 0. The Labute approximate surface area is 74.7 Å². The summed E-state index contributed by atoms with van der Waals surface area (Å²) in [6.07, 6.45) is 4.33. The first-order valence-electron chi connectivity index (χ1n) is 5.10. The Morgan fingerprint density at radius 3 is 2.67 bits per heavy atom. The van der Waals surface area contributed by atoms with Crippen LogP contribution in [-0.2, 0) is 4.74 Å². The molecule has 0 bridgehead atoms. The van der Waals surface area contributed by atoms with Crippen molar-refractivity contribution in [2.24, 2.45) is 5.92 Å². The third-order valence-electron chi connectivity index (χ3n) is 3.20. The van der Waals surface area contributed by atoms with Crippen LogP contribution in [0.2, 0.25) is 0 Å². The molecule has 12 heavy (non-hydrogen) atoms. The van der Waals surface area contributed by atoms with Gasteiger partial charge in [0.1, 0.15) is 0 Å². The monoisotopic (exact) mass is 169 g/mol. The van der Waals surface area contributed by atoms with Gasteiger partial charge in [-0.15, -0.1) is 0 Å². The van der Waals surface area contributed by atoms with Crippen molar-refractivity contribution in [2.75, 3.05) is 13.1 Å². The van der Waals surface area contributed by atoms with Gasteiger partial charge in [-0.05, 0) is 25.2 Å². The average molecular weight is 169 g/mol. The molecule has 0 radical (unpaired) electrons. The number of hydrogen-bond acceptors (Lipinski definition) is 2. The van der Waals surface area contributed by atoms with Gasteiger partial charge in [0, 0.05) is 13.1 Å². The van der Waals surface area contributed by atoms with Crippen LogP contribution >= 0.6 is 0 Å². The molecule has 1 saturated heterocycles. The predicted molar refractivity (Wildman–Crippen MR) is 49.2 cm³/mol. The topological polar surface area (TPSA) is 21.3 Å². The first-order valence-corrected chi connectivity index (χ1v) is 5.10. The second-order valence-corrected chi connectivity index (χ2v) is 4.57. The Balaban J connectivity index is 1.94. The standard InChI is InChI=1S/C10H19NO/c1-8(2)9-6-11-7-10(12-9)4-3-5-10/h8-9,11H,3-7H2,1-2H3. The van der Waals surface area contributed by atoms with Crippen LogP contribution in [0.1, 0.15) is 33.1 Å². The van der Waals surface area contributed by atoms with Crippen molar-refractivity contribution >= 4 is 0 Å². The van der Waals surface area contributed by atoms with Gasteiger partial charge in [0.15, 0.2) is 0 Å². The molecule has 1 unspecified atom stereocenters. The fraction of sp³-hybridized carbons (Fsp3) is 1.00. The summed E-state index contributed by atoms with van der Waals surface area (Å²) < 4.78 is 6.11. The fourth-order valence-corrected chi connectivity index (χ4v) is 2.08. The lowest BCUT2D eigenvalue weighted by molar-refractivity contribution is -0.169. The van der Waals surface area contributed by atoms with E-state index in [9.17, 15) is 0 Å². The molecule has 1 aliphatic carbocycles. The maximum atomic E-state index is 6.11. The summed E-state index contributed by atoms with van der Waals surface area (Å²) in [5.74, 6) is 0.648. The molecular formula is C10H19NO. The fourth-order valence-electron chi connectivity index (χ4n) is 2.08. The Kier molecular flexibility index (Phi) is 2.13. The quantitative estimate of drug-likeness (QED) is 0.643. The number of nitrogens with one attached hydrogen (secondary N) is 1. The molecule has 2 heteroatoms. The van der Waals surface area contributed by atoms with Crippen molar-refractivity contribution in [2.45, 2.75) is 44.8 Å². The molecular weight excluding hydrogens is 150 g/mol. The Hall–Kier alpha value is -0.0800. The zero-order valence-electron chi connectivity index (χ0n) is 8.10. The van der Waals surface area contributed by atoms with Gasteiger partial charge in [-0.1, -0.05) is 13.8 Å². The van der Waals surface area contributed by atoms with Gasteiger partial charge in [-0.2, -0.15) is 0 Å². The van der Waals surface area contributed by atoms with E-state index in [-0.39, 0.29) is 5.60 Å². The Morgan fingerprint density at radius 1 is 1.42 bits per heavy atom. The maximum absolute atomic E-state index is 6.11. The van der Waals surface area contributed by atoms with Gasteiger partial charge in [0.25, 0.3) is 0 Å². The highest BCUT2D eigenvalue weighted by Gasteiger charge is 2.42. The van der Waals surface area contributed by atoms with E-state index in [1.54, 1.807) is 0 Å². The molecule has 1 N–H and O–H groups in total. The summed E-state index contributed by atoms with van der Waals surface area (Å²) in [5.41, 5.74) is 0.243. The molecule has 70 valence electrons. The molecule has 2 nitrogen and oxygen atoms in total. The lowest BCUT2D eigenvalue weighted by Gasteiger charge is -2.48. The third kappa shape index (κ3) is 1.38. The minimum atomic E-state index is 0.243. The predicted octanol–water partition coefficient (Wildman–Crippen LogP) is 1.55. The highest BCUT2D eigenvalue weighted by Crippen LogP contribution is 2.38. The van der Waals surface area contributed by atoms with Gasteiger partial charge in [0.05, 0.1) is 11.7 Å². The number of hydrogen-bond donors (Lipinski definition) is 1. The molecule has 0 aromatic carbocycles. The third-order valence-corrected chi connectivity index (χ3v) is 3.20. The van der Waals surface area contributed by atoms with Crippen LogP contribution in [0.15, 0.2) is 0 Å². The second kappa shape index (κ2) is 3.00. The first-order chi connectivity index (χ1) is 5.72. The summed E-state index contributed by atoms with van der Waals surface area (Å²) in [6.45, 7) is 6.60. The van der Waals surface area contributed by atoms with Crippen LogP contribution in [-0.4, -0.2) is 24.8 Å². The number of rotatable bonds is 1. The van der Waals surface area contributed by atoms with Crippen LogP contribution in [0.4, 0.5) is 0 Å². The Morgan fingerprint density at radius 2 is 2.17 bits per heavy atom. The molecule has 1 atom stereocenters. The molecule has 2 aliphatic rings. The highest BCUT2D eigenvalue weighted by atomic mass is 16.5. The van der Waals surface area contributed by atoms with E-state index in [0.717, 1.165) is 13.1 Å². The zero-order valence-corrected chi connectivity index (χ0v) is 8.10. The second-order valence-electron chi connectivity index (χ2n) is 4.57. The van der Waals surface area contributed by atoms with E-state index in [1.807, 2.05) is 0 Å². The largest absolute Gasteiger partial charge is 0.369 e. The van der Waals surface area contributed by atoms with Crippen LogP contribution in [0.3, 0.4) is 0 Å². The number of ether oxygens (including phenoxy) is 1. The zero-order chi connectivity index (χ0) is 8.60. The Bertz CT molecular complexity index is 163. The van der Waals surface area contributed by atoms with E-state index in [2.05, 4.69) is 19.2 Å². The van der Waals surface area contributed by atoms with Gasteiger partial charge in [-0.3, -0.25) is 0 Å². The van der Waals surface area contributed by atoms with E-state index < -0.39 is 0 Å². The number of morpholine rings is 1. The van der Waals surface area contributed by atoms with Gasteiger partial charge < -0.3 is 10.1 Å². The van der Waals surface area contributed by atoms with Crippen molar-refractivity contribution in [1.82, 2.24) is 5.32 Å². The van der Waals surface area contributed by atoms with Crippen LogP contribution in [0, 0.1) is 5.92 Å². The average Bonchev–Trinajstić information content (AvgIpc) is 2.02. The van der Waals surface area contributed by atoms with E-state index in [1.165, 1.54) is 19.3 Å². The van der Waals surface area contributed by atoms with Gasteiger partial charge >= 0.3 is 0 Å². The van der Waals surface area contributed by atoms with E-state index >= 15 is 0 Å². The molecule has 0 amide bonds. The molecule has 2 rings (SSSR count). The van der Waals surface area contributed by atoms with Crippen LogP contribution < -0.4 is 5.32 Å². The van der Waals surface area contributed by atoms with E-state index in [0.29, 0.717) is 12.0 Å². The summed E-state index contributed by atoms with van der Waals surface area (Å²) in [5, 5.41) is 3.48. The molecule has 1 aliphatic heterocycles. The highest BCUT2D eigenvalue weighted by molar-refractivity contribution is 4.96. The van der Waals surface area contributed by atoms with Gasteiger partial charge in [-0.25, -0.2) is 0 Å².